The number of rotatable bonds is 2. The van der Waals surface area contributed by atoms with Gasteiger partial charge in [0.05, 0.1) is 23.4 Å². The van der Waals surface area contributed by atoms with Crippen LogP contribution in [0.15, 0.2) is 47.2 Å². The fourth-order valence-corrected chi connectivity index (χ4v) is 4.30. The van der Waals surface area contributed by atoms with Crippen molar-refractivity contribution in [3.05, 3.63) is 57.8 Å². The maximum Gasteiger partial charge on any atom is 0.191 e. The van der Waals surface area contributed by atoms with Crippen LogP contribution >= 0.6 is 11.6 Å². The van der Waals surface area contributed by atoms with E-state index in [1.54, 1.807) is 12.1 Å². The molecule has 1 aliphatic heterocycles. The van der Waals surface area contributed by atoms with E-state index in [9.17, 15) is 15.8 Å². The highest BCUT2D eigenvalue weighted by Crippen LogP contribution is 2.54. The first kappa shape index (κ1) is 19.0. The topological polar surface area (TPSA) is 101 Å². The minimum atomic E-state index is -1.60. The van der Waals surface area contributed by atoms with Crippen LogP contribution in [0.25, 0.3) is 0 Å². The Bertz CT molecular complexity index is 923. The number of benzene rings is 1. The number of allylic oxidation sites excluding steroid dienone is 2. The van der Waals surface area contributed by atoms with Gasteiger partial charge in [-0.05, 0) is 37.1 Å². The van der Waals surface area contributed by atoms with Crippen molar-refractivity contribution in [1.82, 2.24) is 4.90 Å². The Kier molecular flexibility index (Phi) is 4.99. The number of nitrogens with two attached hydrogens (primary N) is 1. The molecule has 5 nitrogen and oxygen atoms in total. The molecule has 1 heterocycles. The number of fused-ring (bicyclic) bond motifs is 1. The van der Waals surface area contributed by atoms with Gasteiger partial charge in [0.1, 0.15) is 6.07 Å². The van der Waals surface area contributed by atoms with Gasteiger partial charge in [-0.3, -0.25) is 4.90 Å². The molecule has 2 aliphatic rings. The van der Waals surface area contributed by atoms with Crippen molar-refractivity contribution in [1.29, 1.82) is 15.8 Å². The molecule has 2 N–H and O–H groups in total. The van der Waals surface area contributed by atoms with Crippen molar-refractivity contribution in [3.8, 4) is 18.2 Å². The van der Waals surface area contributed by atoms with E-state index in [1.807, 2.05) is 18.2 Å². The molecule has 0 spiro atoms. The number of nitriles is 3. The van der Waals surface area contributed by atoms with E-state index in [0.717, 1.165) is 11.1 Å². The molecular weight excluding hydrogens is 358 g/mol. The Labute approximate surface area is 164 Å². The van der Waals surface area contributed by atoms with Gasteiger partial charge in [0.2, 0.25) is 0 Å². The second-order valence-electron chi connectivity index (χ2n) is 7.27. The maximum absolute atomic E-state index is 10.0. The third kappa shape index (κ3) is 2.88. The molecule has 2 atom stereocenters. The molecule has 0 amide bonds. The lowest BCUT2D eigenvalue weighted by atomic mass is 9.58. The summed E-state index contributed by atoms with van der Waals surface area (Å²) >= 11 is 6.04. The van der Waals surface area contributed by atoms with E-state index < -0.39 is 11.3 Å². The summed E-state index contributed by atoms with van der Waals surface area (Å²) in [6.45, 7) is 5.58. The summed E-state index contributed by atoms with van der Waals surface area (Å²) in [6, 6.07) is 13.9. The molecule has 0 radical (unpaired) electrons. The monoisotopic (exact) mass is 377 g/mol. The van der Waals surface area contributed by atoms with Crippen molar-refractivity contribution in [3.63, 3.8) is 0 Å². The van der Waals surface area contributed by atoms with Gasteiger partial charge in [-0.1, -0.05) is 29.8 Å². The lowest BCUT2D eigenvalue weighted by Crippen LogP contribution is -2.49. The second-order valence-corrected chi connectivity index (χ2v) is 7.71. The van der Waals surface area contributed by atoms with Crippen molar-refractivity contribution in [2.24, 2.45) is 17.1 Å². The predicted octanol–water partition coefficient (Wildman–Crippen LogP) is 3.47. The number of nitrogens with zero attached hydrogens (tertiary/aromatic N) is 4. The Morgan fingerprint density at radius 3 is 2.33 bits per heavy atom. The van der Waals surface area contributed by atoms with Crippen LogP contribution < -0.4 is 5.73 Å². The largest absolute Gasteiger partial charge is 0.399 e. The zero-order valence-corrected chi connectivity index (χ0v) is 16.0. The molecular formula is C21H20ClN5. The summed E-state index contributed by atoms with van der Waals surface area (Å²) in [4.78, 5) is 2.27. The summed E-state index contributed by atoms with van der Waals surface area (Å²) < 4.78 is 0. The molecule has 0 saturated heterocycles. The molecule has 0 bridgehead atoms. The van der Waals surface area contributed by atoms with Gasteiger partial charge in [-0.25, -0.2) is 0 Å². The molecule has 136 valence electrons. The smallest absolute Gasteiger partial charge is 0.191 e. The quantitative estimate of drug-likeness (QED) is 0.850. The minimum absolute atomic E-state index is 0.0513. The SMILES string of the molecule is CC(C)N1CC=C2C(C#N)=C(N)C(C#N)(C#N)C(c3ccc(Cl)cc3)[C@H]2C1. The summed E-state index contributed by atoms with van der Waals surface area (Å²) in [5.74, 6) is -0.654. The second kappa shape index (κ2) is 7.09. The van der Waals surface area contributed by atoms with Crippen molar-refractivity contribution in [2.45, 2.75) is 25.8 Å². The van der Waals surface area contributed by atoms with Crippen LogP contribution in [0, 0.1) is 45.3 Å². The predicted molar refractivity (Wildman–Crippen MR) is 103 cm³/mol. The average molecular weight is 378 g/mol. The summed E-state index contributed by atoms with van der Waals surface area (Å²) in [5.41, 5.74) is 6.67. The summed E-state index contributed by atoms with van der Waals surface area (Å²) in [7, 11) is 0. The zero-order valence-electron chi connectivity index (χ0n) is 15.3. The van der Waals surface area contributed by atoms with E-state index in [-0.39, 0.29) is 17.2 Å². The maximum atomic E-state index is 10.0. The lowest BCUT2D eigenvalue weighted by molar-refractivity contribution is 0.174. The first-order valence-electron chi connectivity index (χ1n) is 8.82. The molecule has 0 aromatic heterocycles. The van der Waals surface area contributed by atoms with E-state index in [1.165, 1.54) is 0 Å². The molecule has 0 fully saturated rings. The summed E-state index contributed by atoms with van der Waals surface area (Å²) in [6.07, 6.45) is 2.02. The van der Waals surface area contributed by atoms with Gasteiger partial charge in [0.15, 0.2) is 5.41 Å². The molecule has 1 unspecified atom stereocenters. The molecule has 1 aromatic rings. The fourth-order valence-electron chi connectivity index (χ4n) is 4.17. The lowest BCUT2D eigenvalue weighted by Gasteiger charge is -2.46. The van der Waals surface area contributed by atoms with Crippen LogP contribution in [0.2, 0.25) is 5.02 Å². The van der Waals surface area contributed by atoms with Crippen LogP contribution in [-0.4, -0.2) is 24.0 Å². The van der Waals surface area contributed by atoms with E-state index in [0.29, 0.717) is 24.2 Å². The molecule has 6 heteroatoms. The molecule has 1 aromatic carbocycles. The van der Waals surface area contributed by atoms with Gasteiger partial charge < -0.3 is 5.73 Å². The van der Waals surface area contributed by atoms with Crippen LogP contribution in [0.1, 0.15) is 25.3 Å². The van der Waals surface area contributed by atoms with Gasteiger partial charge >= 0.3 is 0 Å². The highest BCUT2D eigenvalue weighted by molar-refractivity contribution is 6.30. The minimum Gasteiger partial charge on any atom is -0.399 e. The standard InChI is InChI=1S/C21H20ClN5/c1-13(2)27-8-7-16-17(9-23)20(26)21(11-24,12-25)19(18(16)10-27)14-3-5-15(22)6-4-14/h3-7,13,18-19H,8,10,26H2,1-2H3/t18-,19?/m0/s1. The highest BCUT2D eigenvalue weighted by atomic mass is 35.5. The Hall–Kier alpha value is -2.78. The first-order valence-corrected chi connectivity index (χ1v) is 9.20. The van der Waals surface area contributed by atoms with Crippen molar-refractivity contribution >= 4 is 11.6 Å². The van der Waals surface area contributed by atoms with Crippen molar-refractivity contribution < 1.29 is 0 Å². The van der Waals surface area contributed by atoms with E-state index in [4.69, 9.17) is 17.3 Å². The molecule has 3 rings (SSSR count). The van der Waals surface area contributed by atoms with Gasteiger partial charge in [-0.2, -0.15) is 15.8 Å². The third-order valence-corrected chi connectivity index (χ3v) is 5.90. The van der Waals surface area contributed by atoms with Crippen LogP contribution in [0.5, 0.6) is 0 Å². The fraction of sp³-hybridized carbons (Fsp3) is 0.381. The van der Waals surface area contributed by atoms with E-state index >= 15 is 0 Å². The van der Waals surface area contributed by atoms with Crippen molar-refractivity contribution in [2.75, 3.05) is 13.1 Å². The van der Waals surface area contributed by atoms with Crippen LogP contribution in [-0.2, 0) is 0 Å². The van der Waals surface area contributed by atoms with E-state index in [2.05, 4.69) is 37.0 Å². The van der Waals surface area contributed by atoms with Crippen LogP contribution in [0.3, 0.4) is 0 Å². The number of halogens is 1. The molecule has 1 aliphatic carbocycles. The van der Waals surface area contributed by atoms with Gasteiger partial charge in [-0.15, -0.1) is 0 Å². The van der Waals surface area contributed by atoms with Crippen LogP contribution in [0.4, 0.5) is 0 Å². The Morgan fingerprint density at radius 1 is 1.19 bits per heavy atom. The molecule has 0 saturated carbocycles. The zero-order chi connectivity index (χ0) is 19.8. The Balaban J connectivity index is 2.29. The first-order chi connectivity index (χ1) is 12.9. The van der Waals surface area contributed by atoms with Gasteiger partial charge in [0, 0.05) is 36.0 Å². The third-order valence-electron chi connectivity index (χ3n) is 5.65. The number of hydrogen-bond acceptors (Lipinski definition) is 5. The summed E-state index contributed by atoms with van der Waals surface area (Å²) in [5, 5.41) is 30.3. The van der Waals surface area contributed by atoms with Gasteiger partial charge in [0.25, 0.3) is 0 Å². The Morgan fingerprint density at radius 2 is 1.81 bits per heavy atom. The average Bonchev–Trinajstić information content (AvgIpc) is 2.67. The normalized spacial score (nSPS) is 24.4. The number of hydrogen-bond donors (Lipinski definition) is 1. The highest BCUT2D eigenvalue weighted by Gasteiger charge is 2.54. The molecule has 27 heavy (non-hydrogen) atoms.